The molecule has 1 aliphatic rings. The molecular weight excluding hydrogens is 604 g/mol. The summed E-state index contributed by atoms with van der Waals surface area (Å²) in [4.78, 5) is 53.4. The third-order valence-corrected chi connectivity index (χ3v) is 7.97. The van der Waals surface area contributed by atoms with Crippen LogP contribution < -0.4 is 35.5 Å². The van der Waals surface area contributed by atoms with Gasteiger partial charge in [0.1, 0.15) is 24.2 Å². The molecule has 1 heterocycles. The number of methoxy groups -OCH3 is 3. The van der Waals surface area contributed by atoms with Crippen molar-refractivity contribution in [3.05, 3.63) is 89.5 Å². The first kappa shape index (κ1) is 34.6. The first-order chi connectivity index (χ1) is 22.6. The Morgan fingerprint density at radius 2 is 1.45 bits per heavy atom. The maximum Gasteiger partial charge on any atom is 0.408 e. The Morgan fingerprint density at radius 3 is 1.98 bits per heavy atom. The van der Waals surface area contributed by atoms with Crippen LogP contribution in [0.5, 0.6) is 17.2 Å². The molecule has 12 nitrogen and oxygen atoms in total. The Balaban J connectivity index is 1.56. The number of carbonyl (C=O) groups is 4. The van der Waals surface area contributed by atoms with Crippen LogP contribution in [0.1, 0.15) is 30.5 Å². The van der Waals surface area contributed by atoms with Gasteiger partial charge in [-0.15, -0.1) is 0 Å². The standard InChI is InChI=1S/C35H42N4O8/c1-22(2)28(32(41)39-35(21-36-33(35)42)19-23-12-8-6-9-13-23)38-31(40)26(37-34(43)47-20-24-14-10-7-11-15-24)18-25-16-17-27(44-3)30(46-5)29(25)45-4/h6-17,22,26,28H,18-21H2,1-5H3,(H,36,42)(H,37,43)(H,38,40)(H,39,41)/t26-,28-,35+/m0/s1. The molecule has 1 saturated heterocycles. The van der Waals surface area contributed by atoms with E-state index >= 15 is 0 Å². The van der Waals surface area contributed by atoms with Crippen LogP contribution in [0.3, 0.4) is 0 Å². The molecule has 250 valence electrons. The molecule has 4 amide bonds. The zero-order valence-electron chi connectivity index (χ0n) is 27.3. The van der Waals surface area contributed by atoms with Crippen molar-refractivity contribution in [2.45, 2.75) is 50.9 Å². The number of benzene rings is 3. The van der Waals surface area contributed by atoms with Crippen LogP contribution in [0.4, 0.5) is 4.79 Å². The van der Waals surface area contributed by atoms with Crippen molar-refractivity contribution in [1.82, 2.24) is 21.3 Å². The van der Waals surface area contributed by atoms with Crippen LogP contribution in [0, 0.1) is 5.92 Å². The lowest BCUT2D eigenvalue weighted by Crippen LogP contribution is -2.75. The van der Waals surface area contributed by atoms with E-state index in [2.05, 4.69) is 21.3 Å². The number of ether oxygens (including phenoxy) is 4. The van der Waals surface area contributed by atoms with E-state index < -0.39 is 35.5 Å². The van der Waals surface area contributed by atoms with Crippen LogP contribution in [0.2, 0.25) is 0 Å². The van der Waals surface area contributed by atoms with Crippen LogP contribution in [-0.2, 0) is 38.6 Å². The topological polar surface area (TPSA) is 153 Å². The number of alkyl carbamates (subject to hydrolysis) is 1. The molecule has 1 fully saturated rings. The minimum Gasteiger partial charge on any atom is -0.493 e. The quantitative estimate of drug-likeness (QED) is 0.184. The van der Waals surface area contributed by atoms with Crippen LogP contribution >= 0.6 is 0 Å². The number of hydrogen-bond acceptors (Lipinski definition) is 8. The molecule has 0 aliphatic carbocycles. The van der Waals surface area contributed by atoms with Crippen LogP contribution in [0.25, 0.3) is 0 Å². The highest BCUT2D eigenvalue weighted by molar-refractivity contribution is 5.99. The smallest absolute Gasteiger partial charge is 0.408 e. The molecule has 1 aliphatic heterocycles. The zero-order valence-corrected chi connectivity index (χ0v) is 27.3. The third-order valence-electron chi connectivity index (χ3n) is 7.97. The van der Waals surface area contributed by atoms with Crippen molar-refractivity contribution < 1.29 is 38.1 Å². The molecule has 0 aromatic heterocycles. The van der Waals surface area contributed by atoms with Gasteiger partial charge in [-0.2, -0.15) is 0 Å². The normalized spacial score (nSPS) is 16.5. The second-order valence-electron chi connectivity index (χ2n) is 11.6. The second kappa shape index (κ2) is 15.8. The van der Waals surface area contributed by atoms with Gasteiger partial charge >= 0.3 is 6.09 Å². The molecule has 0 unspecified atom stereocenters. The molecule has 4 rings (SSSR count). The van der Waals surface area contributed by atoms with Crippen LogP contribution in [-0.4, -0.2) is 69.3 Å². The number of amides is 4. The van der Waals surface area contributed by atoms with Crippen molar-refractivity contribution in [2.75, 3.05) is 27.9 Å². The van der Waals surface area contributed by atoms with E-state index in [0.29, 0.717) is 29.2 Å². The lowest BCUT2D eigenvalue weighted by molar-refractivity contribution is -0.141. The largest absolute Gasteiger partial charge is 0.493 e. The molecule has 0 bridgehead atoms. The van der Waals surface area contributed by atoms with E-state index in [0.717, 1.165) is 11.1 Å². The van der Waals surface area contributed by atoms with Gasteiger partial charge < -0.3 is 40.2 Å². The van der Waals surface area contributed by atoms with Gasteiger partial charge in [-0.05, 0) is 23.1 Å². The Morgan fingerprint density at radius 1 is 0.809 bits per heavy atom. The first-order valence-corrected chi connectivity index (χ1v) is 15.3. The van der Waals surface area contributed by atoms with Crippen molar-refractivity contribution in [3.63, 3.8) is 0 Å². The lowest BCUT2D eigenvalue weighted by Gasteiger charge is -2.42. The Kier molecular flexibility index (Phi) is 11.7. The molecule has 12 heteroatoms. The minimum absolute atomic E-state index is 0.0106. The van der Waals surface area contributed by atoms with Crippen molar-refractivity contribution >= 4 is 23.8 Å². The molecule has 4 N–H and O–H groups in total. The summed E-state index contributed by atoms with van der Waals surface area (Å²) in [6.07, 6.45) is -0.574. The summed E-state index contributed by atoms with van der Waals surface area (Å²) in [5.74, 6) is -0.760. The highest BCUT2D eigenvalue weighted by atomic mass is 16.5. The predicted octanol–water partition coefficient (Wildman–Crippen LogP) is 2.92. The highest BCUT2D eigenvalue weighted by Gasteiger charge is 2.48. The van der Waals surface area contributed by atoms with E-state index in [1.54, 1.807) is 26.0 Å². The minimum atomic E-state index is -1.19. The number of rotatable bonds is 15. The average molecular weight is 647 g/mol. The van der Waals surface area contributed by atoms with Crippen molar-refractivity contribution in [1.29, 1.82) is 0 Å². The van der Waals surface area contributed by atoms with Crippen LogP contribution in [0.15, 0.2) is 72.8 Å². The maximum atomic E-state index is 13.9. The molecular formula is C35H42N4O8. The second-order valence-corrected chi connectivity index (χ2v) is 11.6. The van der Waals surface area contributed by atoms with Gasteiger partial charge in [-0.25, -0.2) is 4.79 Å². The van der Waals surface area contributed by atoms with Gasteiger partial charge in [-0.1, -0.05) is 80.6 Å². The Bertz CT molecular complexity index is 1550. The van der Waals surface area contributed by atoms with Gasteiger partial charge in [0.25, 0.3) is 0 Å². The van der Waals surface area contributed by atoms with Gasteiger partial charge in [-0.3, -0.25) is 14.4 Å². The fourth-order valence-corrected chi connectivity index (χ4v) is 5.37. The highest BCUT2D eigenvalue weighted by Crippen LogP contribution is 2.40. The summed E-state index contributed by atoms with van der Waals surface area (Å²) in [7, 11) is 4.41. The molecule has 47 heavy (non-hydrogen) atoms. The fraction of sp³-hybridized carbons (Fsp3) is 0.371. The van der Waals surface area contributed by atoms with E-state index in [-0.39, 0.29) is 31.4 Å². The summed E-state index contributed by atoms with van der Waals surface area (Å²) >= 11 is 0. The molecule has 3 aromatic rings. The molecule has 3 atom stereocenters. The molecule has 0 radical (unpaired) electrons. The average Bonchev–Trinajstić information content (AvgIpc) is 3.08. The summed E-state index contributed by atoms with van der Waals surface area (Å²) in [6, 6.07) is 19.6. The van der Waals surface area contributed by atoms with E-state index in [4.69, 9.17) is 18.9 Å². The van der Waals surface area contributed by atoms with Gasteiger partial charge in [0, 0.05) is 18.4 Å². The summed E-state index contributed by atoms with van der Waals surface area (Å²) in [5.41, 5.74) is 1.04. The van der Waals surface area contributed by atoms with E-state index in [9.17, 15) is 19.2 Å². The van der Waals surface area contributed by atoms with Crippen molar-refractivity contribution in [3.8, 4) is 17.2 Å². The van der Waals surface area contributed by atoms with Gasteiger partial charge in [0.15, 0.2) is 11.5 Å². The summed E-state index contributed by atoms with van der Waals surface area (Å²) < 4.78 is 21.9. The van der Waals surface area contributed by atoms with Crippen molar-refractivity contribution in [2.24, 2.45) is 5.92 Å². The zero-order chi connectivity index (χ0) is 34.0. The van der Waals surface area contributed by atoms with E-state index in [1.165, 1.54) is 21.3 Å². The number of nitrogens with one attached hydrogen (secondary N) is 4. The summed E-state index contributed by atoms with van der Waals surface area (Å²) in [6.45, 7) is 3.80. The fourth-order valence-electron chi connectivity index (χ4n) is 5.37. The SMILES string of the molecule is COc1ccc(C[C@H](NC(=O)OCc2ccccc2)C(=O)N[C@H](C(=O)N[C@]2(Cc3ccccc3)CNC2=O)C(C)C)c(OC)c1OC. The monoisotopic (exact) mass is 646 g/mol. The van der Waals surface area contributed by atoms with Gasteiger partial charge in [0.05, 0.1) is 27.9 Å². The lowest BCUT2D eigenvalue weighted by atomic mass is 9.83. The third kappa shape index (κ3) is 8.51. The maximum absolute atomic E-state index is 13.9. The Hall–Kier alpha value is -5.26. The number of carbonyl (C=O) groups excluding carboxylic acids is 4. The predicted molar refractivity (Wildman–Crippen MR) is 174 cm³/mol. The Labute approximate surface area is 274 Å². The molecule has 3 aromatic carbocycles. The van der Waals surface area contributed by atoms with Gasteiger partial charge in [0.2, 0.25) is 23.5 Å². The first-order valence-electron chi connectivity index (χ1n) is 15.3. The molecule has 0 saturated carbocycles. The van der Waals surface area contributed by atoms with E-state index in [1.807, 2.05) is 60.7 Å². The number of hydrogen-bond donors (Lipinski definition) is 4. The molecule has 0 spiro atoms. The summed E-state index contributed by atoms with van der Waals surface area (Å²) in [5, 5.41) is 11.1. The number of β-lactam (4-membered cyclic amide) rings is 1.